The summed E-state index contributed by atoms with van der Waals surface area (Å²) >= 11 is 5.98. The van der Waals surface area contributed by atoms with Gasteiger partial charge in [-0.1, -0.05) is 17.7 Å². The van der Waals surface area contributed by atoms with E-state index < -0.39 is 0 Å². The van der Waals surface area contributed by atoms with E-state index in [4.69, 9.17) is 17.3 Å². The van der Waals surface area contributed by atoms with E-state index in [-0.39, 0.29) is 11.8 Å². The second-order valence-electron chi connectivity index (χ2n) is 3.82. The zero-order valence-corrected chi connectivity index (χ0v) is 9.52. The molecule has 1 atom stereocenters. The summed E-state index contributed by atoms with van der Waals surface area (Å²) in [6.45, 7) is 5.78. The predicted molar refractivity (Wildman–Crippen MR) is 59.9 cm³/mol. The third kappa shape index (κ3) is 2.20. The Morgan fingerprint density at radius 1 is 1.50 bits per heavy atom. The molecule has 0 amide bonds. The van der Waals surface area contributed by atoms with Gasteiger partial charge in [0.25, 0.3) is 0 Å². The van der Waals surface area contributed by atoms with Crippen molar-refractivity contribution in [1.29, 1.82) is 0 Å². The van der Waals surface area contributed by atoms with Crippen LogP contribution >= 0.6 is 11.6 Å². The summed E-state index contributed by atoms with van der Waals surface area (Å²) in [5, 5.41) is 10.2. The maximum Gasteiger partial charge on any atom is 0.137 e. The van der Waals surface area contributed by atoms with Crippen LogP contribution < -0.4 is 5.73 Å². The lowest BCUT2D eigenvalue weighted by atomic mass is 10.0. The minimum Gasteiger partial charge on any atom is -0.506 e. The van der Waals surface area contributed by atoms with Crippen molar-refractivity contribution in [2.24, 2.45) is 5.73 Å². The molecule has 1 rings (SSSR count). The number of nitrogens with two attached hydrogens (primary N) is 1. The summed E-state index contributed by atoms with van der Waals surface area (Å²) in [5.41, 5.74) is 8.52. The molecule has 78 valence electrons. The van der Waals surface area contributed by atoms with E-state index in [0.717, 1.165) is 16.7 Å². The summed E-state index contributed by atoms with van der Waals surface area (Å²) in [6, 6.07) is 1.97. The molecule has 0 fully saturated rings. The van der Waals surface area contributed by atoms with Gasteiger partial charge >= 0.3 is 0 Å². The predicted octanol–water partition coefficient (Wildman–Crippen LogP) is 2.55. The third-order valence-corrected chi connectivity index (χ3v) is 2.83. The van der Waals surface area contributed by atoms with E-state index in [9.17, 15) is 5.11 Å². The number of rotatable bonds is 2. The Kier molecular flexibility index (Phi) is 3.40. The molecule has 1 aromatic rings. The first-order valence-corrected chi connectivity index (χ1v) is 5.04. The Hall–Kier alpha value is -0.730. The maximum absolute atomic E-state index is 9.76. The van der Waals surface area contributed by atoms with Crippen molar-refractivity contribution in [3.8, 4) is 5.75 Å². The van der Waals surface area contributed by atoms with Gasteiger partial charge in [0.1, 0.15) is 5.75 Å². The Morgan fingerprint density at radius 3 is 2.57 bits per heavy atom. The van der Waals surface area contributed by atoms with Crippen molar-refractivity contribution in [2.45, 2.75) is 33.2 Å². The summed E-state index contributed by atoms with van der Waals surface area (Å²) in [7, 11) is 0. The minimum atomic E-state index is 0.0269. The molecule has 0 radical (unpaired) electrons. The molecule has 0 aromatic heterocycles. The van der Waals surface area contributed by atoms with Crippen molar-refractivity contribution in [2.75, 3.05) is 0 Å². The summed E-state index contributed by atoms with van der Waals surface area (Å²) in [4.78, 5) is 0. The van der Waals surface area contributed by atoms with Crippen LogP contribution in [0.15, 0.2) is 6.07 Å². The van der Waals surface area contributed by atoms with Gasteiger partial charge in [0.2, 0.25) is 0 Å². The standard InChI is InChI=1S/C11H16ClNO/c1-6-4-9(5-7(2)13)11(14)10(12)8(6)3/h4,7,14H,5,13H2,1-3H3. The number of hydrogen-bond donors (Lipinski definition) is 2. The van der Waals surface area contributed by atoms with Gasteiger partial charge in [-0.25, -0.2) is 0 Å². The smallest absolute Gasteiger partial charge is 0.137 e. The maximum atomic E-state index is 9.76. The number of benzene rings is 1. The van der Waals surface area contributed by atoms with Gasteiger partial charge in [-0.15, -0.1) is 0 Å². The molecule has 14 heavy (non-hydrogen) atoms. The van der Waals surface area contributed by atoms with E-state index in [1.54, 1.807) is 0 Å². The normalized spacial score (nSPS) is 12.9. The first-order valence-electron chi connectivity index (χ1n) is 4.66. The molecule has 3 N–H and O–H groups in total. The lowest BCUT2D eigenvalue weighted by Crippen LogP contribution is -2.18. The first kappa shape index (κ1) is 11.3. The van der Waals surface area contributed by atoms with Gasteiger partial charge in [-0.2, -0.15) is 0 Å². The topological polar surface area (TPSA) is 46.2 Å². The Labute approximate surface area is 89.7 Å². The number of phenolic OH excluding ortho intramolecular Hbond substituents is 1. The fourth-order valence-electron chi connectivity index (χ4n) is 1.43. The lowest BCUT2D eigenvalue weighted by Gasteiger charge is -2.12. The van der Waals surface area contributed by atoms with Gasteiger partial charge in [-0.3, -0.25) is 0 Å². The summed E-state index contributed by atoms with van der Waals surface area (Å²) in [6.07, 6.45) is 0.646. The van der Waals surface area contributed by atoms with Gasteiger partial charge in [0.15, 0.2) is 0 Å². The van der Waals surface area contributed by atoms with E-state index in [0.29, 0.717) is 11.4 Å². The van der Waals surface area contributed by atoms with Crippen LogP contribution in [-0.2, 0) is 6.42 Å². The number of halogens is 1. The quantitative estimate of drug-likeness (QED) is 0.793. The van der Waals surface area contributed by atoms with Crippen LogP contribution in [0.2, 0.25) is 5.02 Å². The average Bonchev–Trinajstić information content (AvgIpc) is 2.10. The molecule has 0 spiro atoms. The highest BCUT2D eigenvalue weighted by atomic mass is 35.5. The highest BCUT2D eigenvalue weighted by Crippen LogP contribution is 2.33. The van der Waals surface area contributed by atoms with E-state index in [1.165, 1.54) is 0 Å². The zero-order chi connectivity index (χ0) is 10.9. The molecule has 1 aromatic carbocycles. The van der Waals surface area contributed by atoms with Gasteiger partial charge < -0.3 is 10.8 Å². The van der Waals surface area contributed by atoms with Crippen LogP contribution in [0.1, 0.15) is 23.6 Å². The monoisotopic (exact) mass is 213 g/mol. The molecule has 0 aliphatic heterocycles. The average molecular weight is 214 g/mol. The highest BCUT2D eigenvalue weighted by Gasteiger charge is 2.12. The number of aryl methyl sites for hydroxylation is 1. The zero-order valence-electron chi connectivity index (χ0n) is 8.76. The number of aromatic hydroxyl groups is 1. The SMILES string of the molecule is Cc1cc(CC(C)N)c(O)c(Cl)c1C. The molecular weight excluding hydrogens is 198 g/mol. The van der Waals surface area contributed by atoms with Gasteiger partial charge in [0.05, 0.1) is 5.02 Å². The largest absolute Gasteiger partial charge is 0.506 e. The van der Waals surface area contributed by atoms with Crippen molar-refractivity contribution in [3.63, 3.8) is 0 Å². The minimum absolute atomic E-state index is 0.0269. The van der Waals surface area contributed by atoms with Crippen molar-refractivity contribution >= 4 is 11.6 Å². The molecule has 1 unspecified atom stereocenters. The van der Waals surface area contributed by atoms with Crippen LogP contribution in [0.3, 0.4) is 0 Å². The molecule has 0 bridgehead atoms. The van der Waals surface area contributed by atoms with E-state index >= 15 is 0 Å². The molecule has 0 saturated heterocycles. The van der Waals surface area contributed by atoms with Crippen molar-refractivity contribution in [3.05, 3.63) is 27.8 Å². The Balaban J connectivity index is 3.19. The van der Waals surface area contributed by atoms with Crippen LogP contribution in [-0.4, -0.2) is 11.1 Å². The van der Waals surface area contributed by atoms with Crippen LogP contribution in [0.4, 0.5) is 0 Å². The molecule has 0 aliphatic carbocycles. The van der Waals surface area contributed by atoms with Gasteiger partial charge in [-0.05, 0) is 43.9 Å². The van der Waals surface area contributed by atoms with Crippen LogP contribution in [0.5, 0.6) is 5.75 Å². The Morgan fingerprint density at radius 2 is 2.07 bits per heavy atom. The number of hydrogen-bond acceptors (Lipinski definition) is 2. The molecular formula is C11H16ClNO. The highest BCUT2D eigenvalue weighted by molar-refractivity contribution is 6.33. The molecule has 0 saturated carbocycles. The second-order valence-corrected chi connectivity index (χ2v) is 4.20. The molecule has 0 aliphatic rings. The third-order valence-electron chi connectivity index (χ3n) is 2.37. The summed E-state index contributed by atoms with van der Waals surface area (Å²) in [5.74, 6) is 0.173. The van der Waals surface area contributed by atoms with Gasteiger partial charge in [0, 0.05) is 6.04 Å². The summed E-state index contributed by atoms with van der Waals surface area (Å²) < 4.78 is 0. The van der Waals surface area contributed by atoms with E-state index in [2.05, 4.69) is 0 Å². The molecule has 3 heteroatoms. The molecule has 0 heterocycles. The second kappa shape index (κ2) is 4.20. The Bertz CT molecular complexity index is 348. The van der Waals surface area contributed by atoms with Crippen LogP contribution in [0.25, 0.3) is 0 Å². The van der Waals surface area contributed by atoms with Crippen molar-refractivity contribution < 1.29 is 5.11 Å². The fourth-order valence-corrected chi connectivity index (χ4v) is 1.70. The first-order chi connectivity index (χ1) is 6.43. The van der Waals surface area contributed by atoms with E-state index in [1.807, 2.05) is 26.8 Å². The number of phenols is 1. The molecule has 2 nitrogen and oxygen atoms in total. The van der Waals surface area contributed by atoms with Crippen molar-refractivity contribution in [1.82, 2.24) is 0 Å². The lowest BCUT2D eigenvalue weighted by molar-refractivity contribution is 0.465. The van der Waals surface area contributed by atoms with Crippen LogP contribution in [0, 0.1) is 13.8 Å². The fraction of sp³-hybridized carbons (Fsp3) is 0.455.